The fourth-order valence-electron chi connectivity index (χ4n) is 4.49. The van der Waals surface area contributed by atoms with E-state index in [1.54, 1.807) is 6.92 Å². The van der Waals surface area contributed by atoms with Crippen molar-refractivity contribution < 1.29 is 23.5 Å². The molecule has 0 N–H and O–H groups in total. The molecular weight excluding hydrogens is 559 g/mol. The van der Waals surface area contributed by atoms with Gasteiger partial charge in [-0.15, -0.1) is 0 Å². The van der Waals surface area contributed by atoms with Crippen LogP contribution in [0.2, 0.25) is 0 Å². The number of carbonyl (C=O) groups excluding carboxylic acids is 3. The monoisotopic (exact) mass is 576 g/mol. The molecule has 0 radical (unpaired) electrons. The van der Waals surface area contributed by atoms with E-state index in [9.17, 15) is 23.6 Å². The average molecular weight is 577 g/mol. The predicted octanol–water partition coefficient (Wildman–Crippen LogP) is 4.17. The molecule has 1 aromatic heterocycles. The lowest BCUT2D eigenvalue weighted by Gasteiger charge is -2.30. The molecule has 3 aromatic rings. The molecule has 0 spiro atoms. The van der Waals surface area contributed by atoms with Crippen molar-refractivity contribution in [1.82, 2.24) is 4.57 Å². The van der Waals surface area contributed by atoms with Crippen LogP contribution in [0.25, 0.3) is 0 Å². The van der Waals surface area contributed by atoms with Gasteiger partial charge in [0.2, 0.25) is 11.8 Å². The molecule has 0 bridgehead atoms. The van der Waals surface area contributed by atoms with E-state index in [0.717, 1.165) is 38.0 Å². The summed E-state index contributed by atoms with van der Waals surface area (Å²) in [5, 5.41) is -0.326. The Bertz CT molecular complexity index is 1400. The first-order chi connectivity index (χ1) is 16.8. The molecule has 11 heteroatoms. The topological polar surface area (TPSA) is 85.7 Å². The summed E-state index contributed by atoms with van der Waals surface area (Å²) in [6.07, 6.45) is 0. The number of rotatable bonds is 5. The minimum absolute atomic E-state index is 0.179. The molecule has 0 saturated carbocycles. The van der Waals surface area contributed by atoms with Crippen LogP contribution < -0.4 is 9.77 Å². The van der Waals surface area contributed by atoms with Crippen LogP contribution in [0.3, 0.4) is 0 Å². The quantitative estimate of drug-likeness (QED) is 0.335. The molecular formula is C24H18BrFN2O5S2. The minimum atomic E-state index is -0.813. The Kier molecular flexibility index (Phi) is 6.41. The molecule has 7 nitrogen and oxygen atoms in total. The van der Waals surface area contributed by atoms with Gasteiger partial charge in [0.1, 0.15) is 17.6 Å². The van der Waals surface area contributed by atoms with Crippen LogP contribution in [0.1, 0.15) is 23.3 Å². The third kappa shape index (κ3) is 4.15. The van der Waals surface area contributed by atoms with E-state index in [1.807, 2.05) is 24.3 Å². The number of amides is 2. The van der Waals surface area contributed by atoms with Gasteiger partial charge in [-0.25, -0.2) is 9.29 Å². The van der Waals surface area contributed by atoms with Crippen molar-refractivity contribution in [1.29, 1.82) is 0 Å². The summed E-state index contributed by atoms with van der Waals surface area (Å²) in [5.74, 6) is -3.23. The fourth-order valence-corrected chi connectivity index (χ4v) is 7.68. The average Bonchev–Trinajstić information content (AvgIpc) is 3.26. The van der Waals surface area contributed by atoms with Crippen molar-refractivity contribution in [3.8, 4) is 0 Å². The largest absolute Gasteiger partial charge is 0.465 e. The van der Waals surface area contributed by atoms with Crippen LogP contribution in [-0.2, 0) is 25.7 Å². The zero-order chi connectivity index (χ0) is 24.9. The molecule has 2 aliphatic heterocycles. The van der Waals surface area contributed by atoms with Gasteiger partial charge in [-0.05, 0) is 48.9 Å². The number of anilines is 1. The minimum Gasteiger partial charge on any atom is -0.465 e. The van der Waals surface area contributed by atoms with Crippen molar-refractivity contribution in [3.05, 3.63) is 78.9 Å². The number of aromatic nitrogens is 1. The number of esters is 1. The molecule has 5 rings (SSSR count). The Hall–Kier alpha value is -2.76. The maximum atomic E-state index is 13.7. The molecule has 2 aromatic carbocycles. The van der Waals surface area contributed by atoms with E-state index in [-0.39, 0.29) is 23.7 Å². The Labute approximate surface area is 216 Å². The smallest absolute Gasteiger partial charge is 0.326 e. The van der Waals surface area contributed by atoms with Gasteiger partial charge in [0.25, 0.3) is 0 Å². The highest BCUT2D eigenvalue weighted by Gasteiger charge is 2.56. The maximum Gasteiger partial charge on any atom is 0.326 e. The van der Waals surface area contributed by atoms with Gasteiger partial charge < -0.3 is 4.74 Å². The summed E-state index contributed by atoms with van der Waals surface area (Å²) < 4.78 is 20.6. The number of benzene rings is 2. The molecule has 3 heterocycles. The molecule has 3 unspecified atom stereocenters. The molecule has 1 fully saturated rings. The molecule has 3 atom stereocenters. The van der Waals surface area contributed by atoms with E-state index in [4.69, 9.17) is 4.74 Å². The zero-order valence-electron chi connectivity index (χ0n) is 18.3. The van der Waals surface area contributed by atoms with Crippen LogP contribution in [0.5, 0.6) is 0 Å². The van der Waals surface area contributed by atoms with Crippen molar-refractivity contribution in [3.63, 3.8) is 0 Å². The molecule has 0 aliphatic carbocycles. The van der Waals surface area contributed by atoms with E-state index < -0.39 is 40.7 Å². The fraction of sp³-hybridized carbons (Fsp3) is 0.250. The second-order valence-electron chi connectivity index (χ2n) is 8.01. The lowest BCUT2D eigenvalue weighted by Crippen LogP contribution is -2.32. The molecule has 2 aliphatic rings. The maximum absolute atomic E-state index is 13.7. The van der Waals surface area contributed by atoms with Gasteiger partial charge in [0.05, 0.1) is 23.2 Å². The highest BCUT2D eigenvalue weighted by Crippen LogP contribution is 2.54. The van der Waals surface area contributed by atoms with Crippen molar-refractivity contribution >= 4 is 62.5 Å². The number of imide groups is 1. The Morgan fingerprint density at radius 2 is 1.86 bits per heavy atom. The summed E-state index contributed by atoms with van der Waals surface area (Å²) in [4.78, 5) is 53.7. The van der Waals surface area contributed by atoms with Crippen LogP contribution in [-0.4, -0.2) is 34.2 Å². The van der Waals surface area contributed by atoms with Gasteiger partial charge in [0.15, 0.2) is 0 Å². The Morgan fingerprint density at radius 3 is 2.54 bits per heavy atom. The van der Waals surface area contributed by atoms with Crippen LogP contribution in [0.4, 0.5) is 10.1 Å². The highest BCUT2D eigenvalue weighted by atomic mass is 79.9. The first-order valence-electron chi connectivity index (χ1n) is 10.7. The number of nitrogens with zero attached hydrogens (tertiary/aromatic N) is 2. The highest BCUT2D eigenvalue weighted by molar-refractivity contribution is 9.10. The Balaban J connectivity index is 1.65. The van der Waals surface area contributed by atoms with Crippen molar-refractivity contribution in [2.75, 3.05) is 11.5 Å². The number of thiazole rings is 1. The zero-order valence-corrected chi connectivity index (χ0v) is 21.5. The van der Waals surface area contributed by atoms with Crippen molar-refractivity contribution in [2.24, 2.45) is 5.92 Å². The lowest BCUT2D eigenvalue weighted by atomic mass is 9.83. The third-order valence-electron chi connectivity index (χ3n) is 5.93. The summed E-state index contributed by atoms with van der Waals surface area (Å²) in [6, 6.07) is 12.6. The first kappa shape index (κ1) is 24.0. The van der Waals surface area contributed by atoms with Gasteiger partial charge >= 0.3 is 10.8 Å². The Morgan fingerprint density at radius 1 is 1.11 bits per heavy atom. The van der Waals surface area contributed by atoms with Crippen LogP contribution in [0.15, 0.2) is 62.8 Å². The van der Waals surface area contributed by atoms with E-state index in [2.05, 4.69) is 15.9 Å². The second-order valence-corrected chi connectivity index (χ2v) is 11.1. The summed E-state index contributed by atoms with van der Waals surface area (Å²) >= 11 is 5.55. The first-order valence-corrected chi connectivity index (χ1v) is 13.2. The molecule has 1 saturated heterocycles. The predicted molar refractivity (Wildman–Crippen MR) is 133 cm³/mol. The standard InChI is InChI=1S/C24H18BrFN2O5S2/c1-2-33-16(29)11-27-23-20(35-24(27)32)17(12-4-3-5-13(25)10-12)18-19(34-23)22(31)28(21(18)30)15-8-6-14(26)7-9-15/h3-10,17-19H,2,11H2,1H3. The summed E-state index contributed by atoms with van der Waals surface area (Å²) in [7, 11) is 0. The number of hydrogen-bond donors (Lipinski definition) is 0. The number of carbonyl (C=O) groups is 3. The number of ether oxygens (including phenoxy) is 1. The number of hydrogen-bond acceptors (Lipinski definition) is 7. The number of thioether (sulfide) groups is 1. The SMILES string of the molecule is CCOC(=O)Cn1c2c(sc1=O)C(c1cccc(Br)c1)C1C(=O)N(c3ccc(F)cc3)C(=O)C1S2. The van der Waals surface area contributed by atoms with Crippen LogP contribution >= 0.6 is 39.0 Å². The normalized spacial score (nSPS) is 21.1. The third-order valence-corrected chi connectivity index (χ3v) is 9.03. The molecule has 35 heavy (non-hydrogen) atoms. The van der Waals surface area contributed by atoms with Gasteiger partial charge in [0, 0.05) is 15.3 Å². The summed E-state index contributed by atoms with van der Waals surface area (Å²) in [5.41, 5.74) is 1.05. The lowest BCUT2D eigenvalue weighted by molar-refractivity contribution is -0.144. The van der Waals surface area contributed by atoms with E-state index >= 15 is 0 Å². The van der Waals surface area contributed by atoms with E-state index in [1.165, 1.54) is 28.8 Å². The summed E-state index contributed by atoms with van der Waals surface area (Å²) in [6.45, 7) is 1.58. The van der Waals surface area contributed by atoms with Gasteiger partial charge in [-0.3, -0.25) is 23.7 Å². The van der Waals surface area contributed by atoms with Crippen molar-refractivity contribution in [2.45, 2.75) is 29.7 Å². The molecule has 180 valence electrons. The molecule has 2 amide bonds. The number of fused-ring (bicyclic) bond motifs is 2. The van der Waals surface area contributed by atoms with Gasteiger partial charge in [-0.1, -0.05) is 51.2 Å². The van der Waals surface area contributed by atoms with E-state index in [0.29, 0.717) is 9.90 Å². The number of halogens is 2. The van der Waals surface area contributed by atoms with Gasteiger partial charge in [-0.2, -0.15) is 0 Å². The second kappa shape index (κ2) is 9.36. The van der Waals surface area contributed by atoms with Crippen LogP contribution in [0, 0.1) is 11.7 Å².